The summed E-state index contributed by atoms with van der Waals surface area (Å²) in [5.41, 5.74) is 13.7. The van der Waals surface area contributed by atoms with Crippen molar-refractivity contribution in [2.24, 2.45) is 5.73 Å². The zero-order valence-corrected chi connectivity index (χ0v) is 20.5. The minimum Gasteiger partial charge on any atom is -0.487 e. The second kappa shape index (κ2) is 11.1. The van der Waals surface area contributed by atoms with Gasteiger partial charge in [-0.15, -0.1) is 12.4 Å². The van der Waals surface area contributed by atoms with Gasteiger partial charge in [-0.05, 0) is 46.9 Å². The molecule has 6 heteroatoms. The molecule has 2 heterocycles. The number of imidazole rings is 1. The molecule has 0 radical (unpaired) electrons. The van der Waals surface area contributed by atoms with Gasteiger partial charge in [-0.2, -0.15) is 0 Å². The van der Waals surface area contributed by atoms with E-state index >= 15 is 0 Å². The van der Waals surface area contributed by atoms with E-state index in [1.165, 1.54) is 22.3 Å². The number of benzene rings is 3. The van der Waals surface area contributed by atoms with E-state index < -0.39 is 0 Å². The van der Waals surface area contributed by atoms with Crippen LogP contribution in [0, 0.1) is 6.92 Å². The summed E-state index contributed by atoms with van der Waals surface area (Å²) in [5, 5.41) is 3.50. The molecular weight excluding hydrogens is 456 g/mol. The van der Waals surface area contributed by atoms with Crippen molar-refractivity contribution >= 4 is 23.9 Å². The van der Waals surface area contributed by atoms with Gasteiger partial charge in [0.15, 0.2) is 0 Å². The zero-order valence-electron chi connectivity index (χ0n) is 19.6. The van der Waals surface area contributed by atoms with Gasteiger partial charge >= 0.3 is 0 Å². The Labute approximate surface area is 212 Å². The average molecular weight is 485 g/mol. The lowest BCUT2D eigenvalue weighted by molar-refractivity contribution is 0.304. The van der Waals surface area contributed by atoms with E-state index in [-0.39, 0.29) is 12.4 Å². The van der Waals surface area contributed by atoms with Crippen molar-refractivity contribution in [3.05, 3.63) is 120 Å². The van der Waals surface area contributed by atoms with Crippen LogP contribution in [0.2, 0.25) is 0 Å². The highest BCUT2D eigenvalue weighted by molar-refractivity contribution is 5.85. The standard InChI is InChI=1S/C29H28N4O.ClH/c1-21-24(13-8-14-26(21)23-11-6-3-7-12-23)20-34-25-15-16-28-32-27(17-30)29(33(28)19-25)31-18-22-9-4-2-5-10-22;/h2-16,19,31H,17-18,20,30H2,1H3;1H. The number of nitrogens with one attached hydrogen (secondary N) is 1. The number of anilines is 1. The van der Waals surface area contributed by atoms with Crippen LogP contribution in [-0.4, -0.2) is 9.38 Å². The van der Waals surface area contributed by atoms with Crippen molar-refractivity contribution < 1.29 is 4.74 Å². The van der Waals surface area contributed by atoms with Crippen molar-refractivity contribution in [2.75, 3.05) is 5.32 Å². The van der Waals surface area contributed by atoms with Crippen LogP contribution in [0.3, 0.4) is 0 Å². The summed E-state index contributed by atoms with van der Waals surface area (Å²) in [6.45, 7) is 3.70. The maximum absolute atomic E-state index is 6.22. The number of hydrogen-bond acceptors (Lipinski definition) is 4. The van der Waals surface area contributed by atoms with E-state index in [0.29, 0.717) is 19.7 Å². The SMILES string of the molecule is Cc1c(COc2ccc3nc(CN)c(NCc4ccccc4)n3c2)cccc1-c1ccccc1.Cl. The summed E-state index contributed by atoms with van der Waals surface area (Å²) < 4.78 is 8.25. The molecule has 0 aliphatic heterocycles. The van der Waals surface area contributed by atoms with Crippen molar-refractivity contribution in [1.29, 1.82) is 0 Å². The first-order valence-electron chi connectivity index (χ1n) is 11.5. The maximum Gasteiger partial charge on any atom is 0.138 e. The highest BCUT2D eigenvalue weighted by atomic mass is 35.5. The molecule has 0 atom stereocenters. The van der Waals surface area contributed by atoms with Gasteiger partial charge in [0.05, 0.1) is 11.9 Å². The molecule has 0 aliphatic rings. The second-order valence-electron chi connectivity index (χ2n) is 8.29. The lowest BCUT2D eigenvalue weighted by Gasteiger charge is -2.13. The van der Waals surface area contributed by atoms with E-state index in [1.807, 2.05) is 47.0 Å². The minimum atomic E-state index is 0. The third-order valence-corrected chi connectivity index (χ3v) is 6.08. The molecule has 3 aromatic carbocycles. The molecule has 0 fully saturated rings. The molecule has 0 saturated heterocycles. The van der Waals surface area contributed by atoms with Gasteiger partial charge in [-0.3, -0.25) is 4.40 Å². The molecule has 0 saturated carbocycles. The van der Waals surface area contributed by atoms with Crippen molar-refractivity contribution in [1.82, 2.24) is 9.38 Å². The monoisotopic (exact) mass is 484 g/mol. The number of hydrogen-bond donors (Lipinski definition) is 2. The lowest BCUT2D eigenvalue weighted by Crippen LogP contribution is -2.07. The van der Waals surface area contributed by atoms with E-state index in [9.17, 15) is 0 Å². The molecule has 5 aromatic rings. The minimum absolute atomic E-state index is 0. The van der Waals surface area contributed by atoms with Gasteiger partial charge in [0.25, 0.3) is 0 Å². The molecule has 0 aliphatic carbocycles. The Morgan fingerprint density at radius 2 is 1.63 bits per heavy atom. The van der Waals surface area contributed by atoms with Gasteiger partial charge in [-0.25, -0.2) is 4.98 Å². The summed E-state index contributed by atoms with van der Waals surface area (Å²) in [6, 6.07) is 31.0. The molecule has 0 bridgehead atoms. The molecule has 178 valence electrons. The normalized spacial score (nSPS) is 10.7. The number of ether oxygens (including phenoxy) is 1. The molecular formula is C29H29ClN4O. The molecule has 2 aromatic heterocycles. The van der Waals surface area contributed by atoms with Crippen LogP contribution in [0.5, 0.6) is 5.75 Å². The Kier molecular flexibility index (Phi) is 7.70. The fourth-order valence-electron chi connectivity index (χ4n) is 4.20. The Balaban J connectivity index is 0.00000289. The van der Waals surface area contributed by atoms with Crippen LogP contribution in [0.4, 0.5) is 5.82 Å². The smallest absolute Gasteiger partial charge is 0.138 e. The number of nitrogens with zero attached hydrogens (tertiary/aromatic N) is 2. The zero-order chi connectivity index (χ0) is 23.3. The number of pyridine rings is 1. The highest BCUT2D eigenvalue weighted by Crippen LogP contribution is 2.27. The van der Waals surface area contributed by atoms with Gasteiger partial charge in [-0.1, -0.05) is 78.9 Å². The Morgan fingerprint density at radius 1 is 0.886 bits per heavy atom. The van der Waals surface area contributed by atoms with E-state index in [2.05, 4.69) is 71.8 Å². The van der Waals surface area contributed by atoms with Gasteiger partial charge in [0.2, 0.25) is 0 Å². The summed E-state index contributed by atoms with van der Waals surface area (Å²) in [4.78, 5) is 4.68. The highest BCUT2D eigenvalue weighted by Gasteiger charge is 2.12. The second-order valence-corrected chi connectivity index (χ2v) is 8.29. The quantitative estimate of drug-likeness (QED) is 0.268. The van der Waals surface area contributed by atoms with Gasteiger partial charge < -0.3 is 15.8 Å². The third kappa shape index (κ3) is 5.32. The molecule has 0 spiro atoms. The Bertz CT molecular complexity index is 1400. The average Bonchev–Trinajstić information content (AvgIpc) is 3.25. The summed E-state index contributed by atoms with van der Waals surface area (Å²) in [5.74, 6) is 1.68. The van der Waals surface area contributed by atoms with Crippen LogP contribution < -0.4 is 15.8 Å². The topological polar surface area (TPSA) is 64.6 Å². The number of fused-ring (bicyclic) bond motifs is 1. The van der Waals surface area contributed by atoms with Crippen molar-refractivity contribution in [2.45, 2.75) is 26.6 Å². The summed E-state index contributed by atoms with van der Waals surface area (Å²) >= 11 is 0. The first-order chi connectivity index (χ1) is 16.7. The predicted octanol–water partition coefficient (Wildman–Crippen LogP) is 6.38. The van der Waals surface area contributed by atoms with Crippen LogP contribution in [-0.2, 0) is 19.7 Å². The van der Waals surface area contributed by atoms with Crippen LogP contribution in [0.25, 0.3) is 16.8 Å². The molecule has 3 N–H and O–H groups in total. The fraction of sp³-hybridized carbons (Fsp3) is 0.138. The Hall–Kier alpha value is -3.80. The van der Waals surface area contributed by atoms with Gasteiger partial charge in [0.1, 0.15) is 23.8 Å². The molecule has 35 heavy (non-hydrogen) atoms. The number of aromatic nitrogens is 2. The van der Waals surface area contributed by atoms with Gasteiger partial charge in [0, 0.05) is 13.1 Å². The Morgan fingerprint density at radius 3 is 2.37 bits per heavy atom. The number of halogens is 1. The predicted molar refractivity (Wildman–Crippen MR) is 145 cm³/mol. The lowest BCUT2D eigenvalue weighted by atomic mass is 9.97. The first kappa shape index (κ1) is 24.3. The largest absolute Gasteiger partial charge is 0.487 e. The van der Waals surface area contributed by atoms with Crippen LogP contribution in [0.15, 0.2) is 97.2 Å². The maximum atomic E-state index is 6.22. The molecule has 0 amide bonds. The third-order valence-electron chi connectivity index (χ3n) is 6.08. The summed E-state index contributed by atoms with van der Waals surface area (Å²) in [6.07, 6.45) is 1.98. The fourth-order valence-corrected chi connectivity index (χ4v) is 4.20. The van der Waals surface area contributed by atoms with E-state index in [4.69, 9.17) is 10.5 Å². The molecule has 0 unspecified atom stereocenters. The van der Waals surface area contributed by atoms with Crippen molar-refractivity contribution in [3.63, 3.8) is 0 Å². The molecule has 5 nitrogen and oxygen atoms in total. The van der Waals surface area contributed by atoms with Crippen LogP contribution in [0.1, 0.15) is 22.4 Å². The number of rotatable bonds is 8. The van der Waals surface area contributed by atoms with Crippen molar-refractivity contribution in [3.8, 4) is 16.9 Å². The number of nitrogens with two attached hydrogens (primary N) is 1. The molecule has 5 rings (SSSR count). The van der Waals surface area contributed by atoms with E-state index in [1.54, 1.807) is 0 Å². The van der Waals surface area contributed by atoms with E-state index in [0.717, 1.165) is 28.5 Å². The first-order valence-corrected chi connectivity index (χ1v) is 11.5. The van der Waals surface area contributed by atoms with Crippen LogP contribution >= 0.6 is 12.4 Å². The summed E-state index contributed by atoms with van der Waals surface area (Å²) in [7, 11) is 0.